The summed E-state index contributed by atoms with van der Waals surface area (Å²) in [4.78, 5) is 16.0. The Kier molecular flexibility index (Phi) is 2.80. The van der Waals surface area contributed by atoms with E-state index in [1.807, 2.05) is 6.92 Å². The lowest BCUT2D eigenvalue weighted by Gasteiger charge is -2.04. The van der Waals surface area contributed by atoms with Gasteiger partial charge in [-0.05, 0) is 28.4 Å². The molecular weight excluding hydrogens is 279 g/mol. The van der Waals surface area contributed by atoms with E-state index in [-0.39, 0.29) is 5.56 Å². The Bertz CT molecular complexity index is 579. The molecule has 0 atom stereocenters. The van der Waals surface area contributed by atoms with Gasteiger partial charge in [0.25, 0.3) is 5.56 Å². The minimum absolute atomic E-state index is 0.111. The quantitative estimate of drug-likeness (QED) is 0.808. The van der Waals surface area contributed by atoms with Crippen LogP contribution >= 0.6 is 27.5 Å². The number of rotatable bonds is 1. The molecule has 2 rings (SSSR count). The second-order valence-electron chi connectivity index (χ2n) is 3.14. The minimum atomic E-state index is -0.111. The predicted octanol–water partition coefficient (Wildman–Crippen LogP) is 2.67. The Morgan fingerprint density at radius 2 is 2.27 bits per heavy atom. The van der Waals surface area contributed by atoms with E-state index in [0.29, 0.717) is 10.7 Å². The van der Waals surface area contributed by atoms with Crippen LogP contribution in [0.1, 0.15) is 12.6 Å². The molecule has 0 fully saturated rings. The molecule has 0 unspecified atom stereocenters. The zero-order valence-corrected chi connectivity index (χ0v) is 10.3. The van der Waals surface area contributed by atoms with E-state index < -0.39 is 0 Å². The predicted molar refractivity (Wildman–Crippen MR) is 63.6 cm³/mol. The van der Waals surface area contributed by atoms with Gasteiger partial charge in [0, 0.05) is 22.4 Å². The van der Waals surface area contributed by atoms with Crippen molar-refractivity contribution in [2.75, 3.05) is 0 Å². The van der Waals surface area contributed by atoms with Crippen molar-refractivity contribution in [1.82, 2.24) is 9.38 Å². The van der Waals surface area contributed by atoms with E-state index in [2.05, 4.69) is 20.9 Å². The summed E-state index contributed by atoms with van der Waals surface area (Å²) in [5.41, 5.74) is 1.15. The highest BCUT2D eigenvalue weighted by molar-refractivity contribution is 9.10. The normalized spacial score (nSPS) is 10.9. The first-order valence-electron chi connectivity index (χ1n) is 4.49. The van der Waals surface area contributed by atoms with Gasteiger partial charge in [-0.1, -0.05) is 18.5 Å². The van der Waals surface area contributed by atoms with Crippen molar-refractivity contribution >= 4 is 33.2 Å². The number of halogens is 2. The number of aromatic nitrogens is 2. The van der Waals surface area contributed by atoms with Crippen LogP contribution in [0.4, 0.5) is 0 Å². The van der Waals surface area contributed by atoms with Crippen LogP contribution in [0.5, 0.6) is 0 Å². The fourth-order valence-electron chi connectivity index (χ4n) is 1.36. The van der Waals surface area contributed by atoms with Gasteiger partial charge >= 0.3 is 0 Å². The zero-order chi connectivity index (χ0) is 11.0. The second kappa shape index (κ2) is 3.94. The van der Waals surface area contributed by atoms with Crippen LogP contribution < -0.4 is 5.56 Å². The highest BCUT2D eigenvalue weighted by atomic mass is 79.9. The number of nitrogens with zero attached hydrogens (tertiary/aromatic N) is 2. The summed E-state index contributed by atoms with van der Waals surface area (Å²) in [6.07, 6.45) is 2.38. The molecule has 2 aromatic rings. The monoisotopic (exact) mass is 286 g/mol. The van der Waals surface area contributed by atoms with E-state index in [1.54, 1.807) is 12.3 Å². The van der Waals surface area contributed by atoms with Gasteiger partial charge in [0.1, 0.15) is 0 Å². The molecular formula is C10H8BrClN2O. The van der Waals surface area contributed by atoms with Gasteiger partial charge in [-0.25, -0.2) is 4.98 Å². The average molecular weight is 288 g/mol. The minimum Gasteiger partial charge on any atom is -0.269 e. The fourth-order valence-corrected chi connectivity index (χ4v) is 2.18. The second-order valence-corrected chi connectivity index (χ2v) is 4.46. The lowest BCUT2D eigenvalue weighted by molar-refractivity contribution is 0.963. The first kappa shape index (κ1) is 10.6. The van der Waals surface area contributed by atoms with E-state index >= 15 is 0 Å². The van der Waals surface area contributed by atoms with Crippen molar-refractivity contribution in [1.29, 1.82) is 0 Å². The van der Waals surface area contributed by atoms with Crippen LogP contribution in [0, 0.1) is 0 Å². The standard InChI is InChI=1S/C10H8BrClN2O/c1-2-7-4-9(15)14-5-6(11)3-8(12)10(14)13-7/h3-5H,2H2,1H3. The summed E-state index contributed by atoms with van der Waals surface area (Å²) in [7, 11) is 0. The molecule has 0 aliphatic rings. The molecule has 0 radical (unpaired) electrons. The Morgan fingerprint density at radius 1 is 1.53 bits per heavy atom. The van der Waals surface area contributed by atoms with E-state index in [0.717, 1.165) is 16.6 Å². The molecule has 0 aromatic carbocycles. The molecule has 0 amide bonds. The topological polar surface area (TPSA) is 34.4 Å². The van der Waals surface area contributed by atoms with Gasteiger partial charge in [0.15, 0.2) is 5.65 Å². The lowest BCUT2D eigenvalue weighted by Crippen LogP contribution is -2.15. The summed E-state index contributed by atoms with van der Waals surface area (Å²) in [5.74, 6) is 0. The third kappa shape index (κ3) is 1.92. The van der Waals surface area contributed by atoms with Crippen molar-refractivity contribution in [2.24, 2.45) is 0 Å². The highest BCUT2D eigenvalue weighted by Gasteiger charge is 2.05. The van der Waals surface area contributed by atoms with Gasteiger partial charge in [-0.15, -0.1) is 0 Å². The van der Waals surface area contributed by atoms with Crippen molar-refractivity contribution in [3.63, 3.8) is 0 Å². The molecule has 0 bridgehead atoms. The largest absolute Gasteiger partial charge is 0.269 e. The number of fused-ring (bicyclic) bond motifs is 1. The molecule has 2 aromatic heterocycles. The first-order valence-corrected chi connectivity index (χ1v) is 5.66. The summed E-state index contributed by atoms with van der Waals surface area (Å²) in [5, 5.41) is 0.469. The van der Waals surface area contributed by atoms with Crippen molar-refractivity contribution in [3.05, 3.63) is 43.9 Å². The molecule has 0 aliphatic heterocycles. The van der Waals surface area contributed by atoms with Crippen molar-refractivity contribution < 1.29 is 0 Å². The fraction of sp³-hybridized carbons (Fsp3) is 0.200. The molecule has 0 N–H and O–H groups in total. The Hall–Kier alpha value is -0.870. The maximum Gasteiger partial charge on any atom is 0.258 e. The molecule has 0 spiro atoms. The number of hydrogen-bond acceptors (Lipinski definition) is 2. The summed E-state index contributed by atoms with van der Waals surface area (Å²) in [6, 6.07) is 3.25. The van der Waals surface area contributed by atoms with E-state index in [1.165, 1.54) is 10.5 Å². The van der Waals surface area contributed by atoms with E-state index in [9.17, 15) is 4.79 Å². The molecule has 5 heteroatoms. The van der Waals surface area contributed by atoms with Crippen LogP contribution in [0.15, 0.2) is 27.6 Å². The van der Waals surface area contributed by atoms with E-state index in [4.69, 9.17) is 11.6 Å². The number of pyridine rings is 1. The van der Waals surface area contributed by atoms with Crippen LogP contribution in [-0.2, 0) is 6.42 Å². The Labute approximate surface area is 99.8 Å². The molecule has 0 saturated heterocycles. The average Bonchev–Trinajstić information content (AvgIpc) is 2.19. The molecule has 0 aliphatic carbocycles. The molecule has 15 heavy (non-hydrogen) atoms. The zero-order valence-electron chi connectivity index (χ0n) is 8.00. The maximum absolute atomic E-state index is 11.7. The van der Waals surface area contributed by atoms with Crippen LogP contribution in [0.25, 0.3) is 5.65 Å². The first-order chi connectivity index (χ1) is 7.11. The summed E-state index contributed by atoms with van der Waals surface area (Å²) >= 11 is 9.29. The molecule has 0 saturated carbocycles. The summed E-state index contributed by atoms with van der Waals surface area (Å²) < 4.78 is 2.19. The van der Waals surface area contributed by atoms with Crippen LogP contribution in [0.2, 0.25) is 5.02 Å². The van der Waals surface area contributed by atoms with Gasteiger partial charge in [-0.2, -0.15) is 0 Å². The van der Waals surface area contributed by atoms with Crippen LogP contribution in [0.3, 0.4) is 0 Å². The van der Waals surface area contributed by atoms with Crippen LogP contribution in [-0.4, -0.2) is 9.38 Å². The molecule has 3 nitrogen and oxygen atoms in total. The number of hydrogen-bond donors (Lipinski definition) is 0. The highest BCUT2D eigenvalue weighted by Crippen LogP contribution is 2.19. The molecule has 2 heterocycles. The Morgan fingerprint density at radius 3 is 2.93 bits per heavy atom. The number of aryl methyl sites for hydroxylation is 1. The van der Waals surface area contributed by atoms with Gasteiger partial charge < -0.3 is 0 Å². The smallest absolute Gasteiger partial charge is 0.258 e. The third-order valence-electron chi connectivity index (χ3n) is 2.10. The maximum atomic E-state index is 11.7. The van der Waals surface area contributed by atoms with Crippen molar-refractivity contribution in [3.8, 4) is 0 Å². The third-order valence-corrected chi connectivity index (χ3v) is 2.81. The lowest BCUT2D eigenvalue weighted by atomic mass is 10.3. The Balaban J connectivity index is 2.91. The van der Waals surface area contributed by atoms with Gasteiger partial charge in [-0.3, -0.25) is 9.20 Å². The SMILES string of the molecule is CCc1cc(=O)n2cc(Br)cc(Cl)c2n1. The summed E-state index contributed by atoms with van der Waals surface area (Å²) in [6.45, 7) is 1.95. The molecule has 78 valence electrons. The van der Waals surface area contributed by atoms with Crippen molar-refractivity contribution in [2.45, 2.75) is 13.3 Å². The van der Waals surface area contributed by atoms with Gasteiger partial charge in [0.05, 0.1) is 5.02 Å². The van der Waals surface area contributed by atoms with Gasteiger partial charge in [0.2, 0.25) is 0 Å².